The lowest BCUT2D eigenvalue weighted by Gasteiger charge is -2.34. The van der Waals surface area contributed by atoms with Crippen molar-refractivity contribution < 1.29 is 0 Å². The van der Waals surface area contributed by atoms with E-state index in [1.54, 1.807) is 0 Å². The largest absolute Gasteiger partial charge is 0.228 e. The molecule has 2 aromatic heterocycles. The van der Waals surface area contributed by atoms with Crippen molar-refractivity contribution in [1.29, 1.82) is 0 Å². The molecule has 0 radical (unpaired) electrons. The fraction of sp³-hybridized carbons (Fsp3) is 0.0189. The first-order chi connectivity index (χ1) is 27.8. The number of thiophene rings is 1. The first kappa shape index (κ1) is 32.5. The van der Waals surface area contributed by atoms with Gasteiger partial charge in [-0.05, 0) is 80.9 Å². The molecule has 0 bridgehead atoms. The second-order valence-electron chi connectivity index (χ2n) is 14.5. The minimum Gasteiger partial charge on any atom is -0.228 e. The molecule has 11 rings (SSSR count). The van der Waals surface area contributed by atoms with Crippen LogP contribution >= 0.6 is 11.3 Å². The SMILES string of the molecule is c1ccc(-c2cc(-c3cc4c(cc3-c3ccc5sc6ccccc6c5c3)C(c3ccccc3)(c3ccccc3)c3ccccc3-4)nc(-c3ccccc3)n2)cc1. The maximum absolute atomic E-state index is 5.41. The molecular formula is C53H34N2S. The Morgan fingerprint density at radius 2 is 0.929 bits per heavy atom. The summed E-state index contributed by atoms with van der Waals surface area (Å²) in [6.07, 6.45) is 0. The maximum Gasteiger partial charge on any atom is 0.160 e. The molecule has 1 aliphatic rings. The third-order valence-corrected chi connectivity index (χ3v) is 12.5. The Labute approximate surface area is 330 Å². The quantitative estimate of drug-likeness (QED) is 0.170. The minimum absolute atomic E-state index is 0.531. The molecule has 0 spiro atoms. The molecule has 10 aromatic rings. The van der Waals surface area contributed by atoms with Crippen LogP contribution in [0.5, 0.6) is 0 Å². The van der Waals surface area contributed by atoms with Crippen LogP contribution in [-0.4, -0.2) is 9.97 Å². The number of fused-ring (bicyclic) bond motifs is 6. The van der Waals surface area contributed by atoms with Gasteiger partial charge in [0, 0.05) is 36.9 Å². The lowest BCUT2D eigenvalue weighted by molar-refractivity contribution is 0.769. The van der Waals surface area contributed by atoms with E-state index in [9.17, 15) is 0 Å². The summed E-state index contributed by atoms with van der Waals surface area (Å²) >= 11 is 1.85. The second kappa shape index (κ2) is 13.1. The second-order valence-corrected chi connectivity index (χ2v) is 15.6. The van der Waals surface area contributed by atoms with Crippen LogP contribution in [-0.2, 0) is 5.41 Å². The van der Waals surface area contributed by atoms with Gasteiger partial charge < -0.3 is 0 Å². The molecule has 56 heavy (non-hydrogen) atoms. The van der Waals surface area contributed by atoms with Crippen molar-refractivity contribution in [3.8, 4) is 56.2 Å². The Kier molecular flexibility index (Phi) is 7.61. The van der Waals surface area contributed by atoms with Gasteiger partial charge in [0.1, 0.15) is 0 Å². The van der Waals surface area contributed by atoms with Crippen LogP contribution in [0, 0.1) is 0 Å². The summed E-state index contributed by atoms with van der Waals surface area (Å²) < 4.78 is 2.58. The summed E-state index contributed by atoms with van der Waals surface area (Å²) in [6.45, 7) is 0. The molecule has 1 aliphatic carbocycles. The minimum atomic E-state index is -0.531. The number of hydrogen-bond acceptors (Lipinski definition) is 3. The van der Waals surface area contributed by atoms with Crippen molar-refractivity contribution in [2.45, 2.75) is 5.41 Å². The molecule has 2 nitrogen and oxygen atoms in total. The van der Waals surface area contributed by atoms with Crippen molar-refractivity contribution in [2.75, 3.05) is 0 Å². The zero-order valence-corrected chi connectivity index (χ0v) is 31.2. The topological polar surface area (TPSA) is 25.8 Å². The van der Waals surface area contributed by atoms with Gasteiger partial charge in [-0.15, -0.1) is 11.3 Å². The predicted molar refractivity (Wildman–Crippen MR) is 234 cm³/mol. The van der Waals surface area contributed by atoms with Crippen molar-refractivity contribution in [3.63, 3.8) is 0 Å². The fourth-order valence-corrected chi connectivity index (χ4v) is 9.98. The van der Waals surface area contributed by atoms with Gasteiger partial charge in [-0.3, -0.25) is 0 Å². The zero-order chi connectivity index (χ0) is 37.1. The average Bonchev–Trinajstić information content (AvgIpc) is 3.80. The first-order valence-corrected chi connectivity index (χ1v) is 19.9. The third-order valence-electron chi connectivity index (χ3n) is 11.4. The molecule has 0 N–H and O–H groups in total. The van der Waals surface area contributed by atoms with Crippen LogP contribution in [0.4, 0.5) is 0 Å². The summed E-state index contributed by atoms with van der Waals surface area (Å²) in [4.78, 5) is 10.6. The van der Waals surface area contributed by atoms with Gasteiger partial charge in [0.2, 0.25) is 0 Å². The summed E-state index contributed by atoms with van der Waals surface area (Å²) in [5, 5.41) is 2.56. The highest BCUT2D eigenvalue weighted by atomic mass is 32.1. The summed E-state index contributed by atoms with van der Waals surface area (Å²) in [7, 11) is 0. The van der Waals surface area contributed by atoms with Crippen molar-refractivity contribution in [1.82, 2.24) is 9.97 Å². The first-order valence-electron chi connectivity index (χ1n) is 19.1. The van der Waals surface area contributed by atoms with E-state index in [0.29, 0.717) is 5.82 Å². The molecule has 0 fully saturated rings. The Balaban J connectivity index is 1.27. The highest BCUT2D eigenvalue weighted by Gasteiger charge is 2.46. The van der Waals surface area contributed by atoms with E-state index in [2.05, 4.69) is 200 Å². The van der Waals surface area contributed by atoms with Crippen LogP contribution in [0.2, 0.25) is 0 Å². The molecule has 0 atom stereocenters. The van der Waals surface area contributed by atoms with Crippen LogP contribution in [0.15, 0.2) is 206 Å². The lowest BCUT2D eigenvalue weighted by atomic mass is 9.67. The Morgan fingerprint density at radius 1 is 0.339 bits per heavy atom. The van der Waals surface area contributed by atoms with Gasteiger partial charge in [0.15, 0.2) is 5.82 Å². The highest BCUT2D eigenvalue weighted by Crippen LogP contribution is 2.58. The predicted octanol–water partition coefficient (Wildman–Crippen LogP) is 13.9. The van der Waals surface area contributed by atoms with Crippen LogP contribution in [0.25, 0.3) is 76.3 Å². The highest BCUT2D eigenvalue weighted by molar-refractivity contribution is 7.25. The Hall–Kier alpha value is -6.94. The van der Waals surface area contributed by atoms with Crippen LogP contribution in [0.1, 0.15) is 22.3 Å². The monoisotopic (exact) mass is 730 g/mol. The van der Waals surface area contributed by atoms with E-state index in [1.165, 1.54) is 53.6 Å². The molecule has 3 heteroatoms. The summed E-state index contributed by atoms with van der Waals surface area (Å²) in [6, 6.07) is 74.6. The third kappa shape index (κ3) is 5.09. The molecule has 262 valence electrons. The number of nitrogens with zero attached hydrogens (tertiary/aromatic N) is 2. The average molecular weight is 731 g/mol. The fourth-order valence-electron chi connectivity index (χ4n) is 8.89. The van der Waals surface area contributed by atoms with E-state index in [0.717, 1.165) is 39.2 Å². The van der Waals surface area contributed by atoms with E-state index in [1.807, 2.05) is 17.4 Å². The Bertz CT molecular complexity index is 2960. The standard InChI is InChI=1S/C53H34N2S/c1-5-17-35(18-6-1)48-34-49(55-52(54-48)36-19-7-2-8-20-36)44-32-43-40-25-13-15-27-46(40)53(38-21-9-3-10-22-38,39-23-11-4-12-24-39)47(43)33-42(44)37-29-30-51-45(31-37)41-26-14-16-28-50(41)56-51/h1-34H. The van der Waals surface area contributed by atoms with E-state index in [-0.39, 0.29) is 0 Å². The molecule has 0 amide bonds. The maximum atomic E-state index is 5.41. The van der Waals surface area contributed by atoms with Crippen molar-refractivity contribution in [2.24, 2.45) is 0 Å². The number of hydrogen-bond donors (Lipinski definition) is 0. The summed E-state index contributed by atoms with van der Waals surface area (Å²) in [5.74, 6) is 0.705. The molecule has 8 aromatic carbocycles. The van der Waals surface area contributed by atoms with E-state index < -0.39 is 5.41 Å². The molecule has 2 heterocycles. The van der Waals surface area contributed by atoms with Gasteiger partial charge in [0.25, 0.3) is 0 Å². The lowest BCUT2D eigenvalue weighted by Crippen LogP contribution is -2.28. The number of aromatic nitrogens is 2. The number of rotatable bonds is 6. The van der Waals surface area contributed by atoms with Gasteiger partial charge in [0.05, 0.1) is 16.8 Å². The molecule has 0 saturated carbocycles. The normalized spacial score (nSPS) is 12.8. The van der Waals surface area contributed by atoms with E-state index >= 15 is 0 Å². The van der Waals surface area contributed by atoms with Crippen molar-refractivity contribution >= 4 is 31.5 Å². The zero-order valence-electron chi connectivity index (χ0n) is 30.4. The molecule has 0 unspecified atom stereocenters. The van der Waals surface area contributed by atoms with Gasteiger partial charge in [-0.1, -0.05) is 170 Å². The Morgan fingerprint density at radius 3 is 1.66 bits per heavy atom. The molecule has 0 aliphatic heterocycles. The number of benzene rings is 8. The van der Waals surface area contributed by atoms with Gasteiger partial charge >= 0.3 is 0 Å². The van der Waals surface area contributed by atoms with Gasteiger partial charge in [-0.2, -0.15) is 0 Å². The smallest absolute Gasteiger partial charge is 0.160 e. The van der Waals surface area contributed by atoms with Gasteiger partial charge in [-0.25, -0.2) is 9.97 Å². The van der Waals surface area contributed by atoms with Crippen LogP contribution in [0.3, 0.4) is 0 Å². The molecule has 0 saturated heterocycles. The summed E-state index contributed by atoms with van der Waals surface area (Å²) in [5.41, 5.74) is 14.2. The van der Waals surface area contributed by atoms with E-state index in [4.69, 9.17) is 9.97 Å². The van der Waals surface area contributed by atoms with Crippen molar-refractivity contribution in [3.05, 3.63) is 229 Å². The van der Waals surface area contributed by atoms with Crippen LogP contribution < -0.4 is 0 Å². The molecular weight excluding hydrogens is 697 g/mol.